The molecule has 1 unspecified atom stereocenters. The van der Waals surface area contributed by atoms with Gasteiger partial charge in [0.15, 0.2) is 0 Å². The number of aromatic nitrogens is 1. The van der Waals surface area contributed by atoms with E-state index in [1.807, 2.05) is 20.9 Å². The summed E-state index contributed by atoms with van der Waals surface area (Å²) < 4.78 is 0. The molecule has 5 heteroatoms. The summed E-state index contributed by atoms with van der Waals surface area (Å²) in [6.45, 7) is 4.79. The van der Waals surface area contributed by atoms with Gasteiger partial charge in [0.05, 0.1) is 16.7 Å². The zero-order valence-corrected chi connectivity index (χ0v) is 10.3. The summed E-state index contributed by atoms with van der Waals surface area (Å²) in [5.74, 6) is 0.229. The fourth-order valence-corrected chi connectivity index (χ4v) is 2.22. The first-order valence-corrected chi connectivity index (χ1v) is 5.87. The summed E-state index contributed by atoms with van der Waals surface area (Å²) >= 11 is 1.65. The zero-order chi connectivity index (χ0) is 11.4. The largest absolute Gasteiger partial charge is 0.386 e. The lowest BCUT2D eigenvalue weighted by Gasteiger charge is -2.24. The molecule has 0 amide bonds. The first-order chi connectivity index (χ1) is 7.04. The average Bonchev–Trinajstić information content (AvgIpc) is 2.51. The molecular weight excluding hydrogens is 208 g/mol. The molecule has 15 heavy (non-hydrogen) atoms. The van der Waals surface area contributed by atoms with Crippen molar-refractivity contribution in [3.63, 3.8) is 0 Å². The van der Waals surface area contributed by atoms with Gasteiger partial charge in [-0.15, -0.1) is 11.3 Å². The summed E-state index contributed by atoms with van der Waals surface area (Å²) in [7, 11) is 1.98. The van der Waals surface area contributed by atoms with E-state index >= 15 is 0 Å². The molecule has 0 saturated heterocycles. The Bertz CT molecular complexity index is 334. The van der Waals surface area contributed by atoms with Crippen LogP contribution in [0.15, 0.2) is 5.38 Å². The van der Waals surface area contributed by atoms with E-state index in [4.69, 9.17) is 11.1 Å². The Hall–Kier alpha value is -0.940. The number of nitrogens with two attached hydrogens (primary N) is 1. The Morgan fingerprint density at radius 3 is 2.80 bits per heavy atom. The van der Waals surface area contributed by atoms with E-state index in [9.17, 15) is 0 Å². The summed E-state index contributed by atoms with van der Waals surface area (Å²) in [6, 6.07) is 0.0204. The van der Waals surface area contributed by atoms with Gasteiger partial charge in [-0.1, -0.05) is 6.92 Å². The van der Waals surface area contributed by atoms with Crippen LogP contribution in [0.4, 0.5) is 0 Å². The second-order valence-electron chi connectivity index (χ2n) is 3.65. The number of hydrogen-bond acceptors (Lipinski definition) is 4. The molecule has 0 aliphatic rings. The van der Waals surface area contributed by atoms with Crippen LogP contribution < -0.4 is 5.73 Å². The van der Waals surface area contributed by atoms with E-state index in [0.717, 1.165) is 23.7 Å². The Labute approximate surface area is 94.6 Å². The van der Waals surface area contributed by atoms with Gasteiger partial charge in [-0.2, -0.15) is 0 Å². The molecular formula is C10H18N4S. The zero-order valence-electron chi connectivity index (χ0n) is 9.45. The maximum atomic E-state index is 7.47. The first-order valence-electron chi connectivity index (χ1n) is 4.99. The second kappa shape index (κ2) is 5.23. The van der Waals surface area contributed by atoms with Crippen LogP contribution in [0.1, 0.15) is 24.0 Å². The number of amidine groups is 1. The molecule has 0 fully saturated rings. The highest BCUT2D eigenvalue weighted by Crippen LogP contribution is 2.12. The third-order valence-corrected chi connectivity index (χ3v) is 3.18. The number of aryl methyl sites for hydroxylation is 1. The van der Waals surface area contributed by atoms with Gasteiger partial charge in [0.2, 0.25) is 0 Å². The third kappa shape index (κ3) is 3.28. The van der Waals surface area contributed by atoms with Crippen LogP contribution in [0.5, 0.6) is 0 Å². The summed E-state index contributed by atoms with van der Waals surface area (Å²) in [6.07, 6.45) is 0.856. The monoisotopic (exact) mass is 226 g/mol. The minimum absolute atomic E-state index is 0.0204. The van der Waals surface area contributed by atoms with Crippen molar-refractivity contribution in [2.24, 2.45) is 5.73 Å². The van der Waals surface area contributed by atoms with Crippen molar-refractivity contribution in [3.05, 3.63) is 16.1 Å². The SMILES string of the molecule is CCC(C(=N)N)N(C)Cc1csc(C)n1. The number of nitrogens with one attached hydrogen (secondary N) is 1. The van der Waals surface area contributed by atoms with Gasteiger partial charge < -0.3 is 5.73 Å². The molecule has 1 rings (SSSR count). The van der Waals surface area contributed by atoms with Crippen LogP contribution >= 0.6 is 11.3 Å². The molecule has 0 saturated carbocycles. The van der Waals surface area contributed by atoms with Crippen molar-refractivity contribution >= 4 is 17.2 Å². The van der Waals surface area contributed by atoms with E-state index < -0.39 is 0 Å². The highest BCUT2D eigenvalue weighted by atomic mass is 32.1. The summed E-state index contributed by atoms with van der Waals surface area (Å²) in [4.78, 5) is 6.46. The molecule has 1 aromatic rings. The molecule has 1 heterocycles. The quantitative estimate of drug-likeness (QED) is 0.592. The Balaban J connectivity index is 2.61. The lowest BCUT2D eigenvalue weighted by Crippen LogP contribution is -2.41. The van der Waals surface area contributed by atoms with Crippen molar-refractivity contribution in [2.45, 2.75) is 32.9 Å². The molecule has 0 aromatic carbocycles. The van der Waals surface area contributed by atoms with E-state index in [2.05, 4.69) is 15.3 Å². The molecule has 1 aromatic heterocycles. The molecule has 0 bridgehead atoms. The average molecular weight is 226 g/mol. The Kier molecular flexibility index (Phi) is 4.23. The van der Waals surface area contributed by atoms with E-state index in [-0.39, 0.29) is 11.9 Å². The van der Waals surface area contributed by atoms with Crippen LogP contribution in [0.25, 0.3) is 0 Å². The second-order valence-corrected chi connectivity index (χ2v) is 4.71. The van der Waals surface area contributed by atoms with Crippen LogP contribution in [0.3, 0.4) is 0 Å². The smallest absolute Gasteiger partial charge is 0.108 e. The minimum Gasteiger partial charge on any atom is -0.386 e. The molecule has 4 nitrogen and oxygen atoms in total. The number of nitrogens with zero attached hydrogens (tertiary/aromatic N) is 2. The van der Waals surface area contributed by atoms with Crippen molar-refractivity contribution in [1.82, 2.24) is 9.88 Å². The van der Waals surface area contributed by atoms with E-state index in [1.165, 1.54) is 0 Å². The molecule has 0 spiro atoms. The van der Waals surface area contributed by atoms with E-state index in [1.54, 1.807) is 11.3 Å². The Morgan fingerprint density at radius 1 is 1.73 bits per heavy atom. The van der Waals surface area contributed by atoms with Crippen molar-refractivity contribution in [1.29, 1.82) is 5.41 Å². The van der Waals surface area contributed by atoms with E-state index in [0.29, 0.717) is 0 Å². The van der Waals surface area contributed by atoms with Crippen LogP contribution in [-0.4, -0.2) is 28.8 Å². The van der Waals surface area contributed by atoms with Crippen LogP contribution in [0.2, 0.25) is 0 Å². The highest BCUT2D eigenvalue weighted by Gasteiger charge is 2.16. The van der Waals surface area contributed by atoms with Gasteiger partial charge in [0, 0.05) is 11.9 Å². The molecule has 84 valence electrons. The van der Waals surface area contributed by atoms with Gasteiger partial charge in [0.25, 0.3) is 0 Å². The van der Waals surface area contributed by atoms with Gasteiger partial charge in [-0.3, -0.25) is 10.3 Å². The topological polar surface area (TPSA) is 66.0 Å². The highest BCUT2D eigenvalue weighted by molar-refractivity contribution is 7.09. The Morgan fingerprint density at radius 2 is 2.40 bits per heavy atom. The molecule has 0 aliphatic heterocycles. The maximum Gasteiger partial charge on any atom is 0.108 e. The third-order valence-electron chi connectivity index (χ3n) is 2.36. The van der Waals surface area contributed by atoms with Gasteiger partial charge in [-0.05, 0) is 20.4 Å². The van der Waals surface area contributed by atoms with Crippen LogP contribution in [0, 0.1) is 12.3 Å². The summed E-state index contributed by atoms with van der Waals surface area (Å²) in [5, 5.41) is 10.6. The summed E-state index contributed by atoms with van der Waals surface area (Å²) in [5.41, 5.74) is 6.59. The molecule has 0 aliphatic carbocycles. The fraction of sp³-hybridized carbons (Fsp3) is 0.600. The molecule has 1 atom stereocenters. The number of thiazole rings is 1. The van der Waals surface area contributed by atoms with Crippen LogP contribution in [-0.2, 0) is 6.54 Å². The fourth-order valence-electron chi connectivity index (χ4n) is 1.62. The first kappa shape index (κ1) is 12.1. The van der Waals surface area contributed by atoms with Crippen molar-refractivity contribution in [3.8, 4) is 0 Å². The minimum atomic E-state index is 0.0204. The number of rotatable bonds is 5. The predicted octanol–water partition coefficient (Wildman–Crippen LogP) is 1.60. The van der Waals surface area contributed by atoms with Gasteiger partial charge in [-0.25, -0.2) is 4.98 Å². The van der Waals surface area contributed by atoms with Crippen molar-refractivity contribution in [2.75, 3.05) is 7.05 Å². The van der Waals surface area contributed by atoms with Crippen molar-refractivity contribution < 1.29 is 0 Å². The molecule has 0 radical (unpaired) electrons. The predicted molar refractivity (Wildman–Crippen MR) is 64.3 cm³/mol. The van der Waals surface area contributed by atoms with Gasteiger partial charge >= 0.3 is 0 Å². The maximum absolute atomic E-state index is 7.47. The molecule has 3 N–H and O–H groups in total. The number of hydrogen-bond donors (Lipinski definition) is 2. The van der Waals surface area contributed by atoms with Gasteiger partial charge in [0.1, 0.15) is 5.84 Å². The number of likely N-dealkylation sites (N-methyl/N-ethyl adjacent to an activating group) is 1. The lowest BCUT2D eigenvalue weighted by molar-refractivity contribution is 0.278. The lowest BCUT2D eigenvalue weighted by atomic mass is 10.2. The normalized spacial score (nSPS) is 13.1. The standard InChI is InChI=1S/C10H18N4S/c1-4-9(10(11)12)14(3)5-8-6-15-7(2)13-8/h6,9H,4-5H2,1-3H3,(H3,11,12).